The Kier molecular flexibility index (Phi) is 3.68. The molecule has 0 heterocycles. The molecule has 5 heteroatoms. The van der Waals surface area contributed by atoms with Crippen LogP contribution >= 0.6 is 0 Å². The van der Waals surface area contributed by atoms with Gasteiger partial charge in [0.25, 0.3) is 0 Å². The fourth-order valence-corrected chi connectivity index (χ4v) is 0.953. The van der Waals surface area contributed by atoms with Crippen molar-refractivity contribution in [2.45, 2.75) is 0 Å². The quantitative estimate of drug-likeness (QED) is 0.735. The van der Waals surface area contributed by atoms with Gasteiger partial charge in [0, 0.05) is 25.5 Å². The number of nitrogens with one attached hydrogen (secondary N) is 2. The second-order valence-corrected chi connectivity index (χ2v) is 3.16. The van der Waals surface area contributed by atoms with Gasteiger partial charge in [-0.3, -0.25) is 4.79 Å². The molecule has 1 aromatic carbocycles. The fourth-order valence-electron chi connectivity index (χ4n) is 0.953. The molecule has 0 saturated heterocycles. The number of anilines is 2. The molecule has 1 aromatic rings. The van der Waals surface area contributed by atoms with Crippen molar-refractivity contribution in [1.29, 1.82) is 0 Å². The molecule has 0 fully saturated rings. The maximum atomic E-state index is 11.3. The predicted octanol–water partition coefficient (Wildman–Crippen LogP) is 1.35. The SMILES string of the molecule is CN(C)C(=O)Nc1ccc(NC=O)cc1. The first kappa shape index (κ1) is 11.0. The second kappa shape index (κ2) is 4.99. The van der Waals surface area contributed by atoms with E-state index in [1.807, 2.05) is 0 Å². The van der Waals surface area contributed by atoms with Crippen LogP contribution in [-0.2, 0) is 4.79 Å². The van der Waals surface area contributed by atoms with Crippen LogP contribution in [0.25, 0.3) is 0 Å². The molecule has 3 amide bonds. The van der Waals surface area contributed by atoms with Gasteiger partial charge in [-0.05, 0) is 24.3 Å². The largest absolute Gasteiger partial charge is 0.331 e. The van der Waals surface area contributed by atoms with Crippen LogP contribution in [0.5, 0.6) is 0 Å². The third kappa shape index (κ3) is 3.30. The van der Waals surface area contributed by atoms with Gasteiger partial charge in [0.15, 0.2) is 0 Å². The Labute approximate surface area is 88.1 Å². The van der Waals surface area contributed by atoms with Crippen LogP contribution in [0.3, 0.4) is 0 Å². The molecule has 2 N–H and O–H groups in total. The van der Waals surface area contributed by atoms with E-state index in [2.05, 4.69) is 10.6 Å². The molecule has 80 valence electrons. The number of carbonyl (C=O) groups excluding carboxylic acids is 2. The van der Waals surface area contributed by atoms with E-state index in [1.165, 1.54) is 4.90 Å². The summed E-state index contributed by atoms with van der Waals surface area (Å²) in [5, 5.41) is 5.19. The van der Waals surface area contributed by atoms with Gasteiger partial charge in [-0.2, -0.15) is 0 Å². The van der Waals surface area contributed by atoms with Crippen molar-refractivity contribution in [3.05, 3.63) is 24.3 Å². The van der Waals surface area contributed by atoms with E-state index in [9.17, 15) is 9.59 Å². The van der Waals surface area contributed by atoms with Crippen molar-refractivity contribution in [1.82, 2.24) is 4.90 Å². The van der Waals surface area contributed by atoms with E-state index in [0.717, 1.165) is 0 Å². The molecule has 0 atom stereocenters. The zero-order valence-electron chi connectivity index (χ0n) is 8.65. The summed E-state index contributed by atoms with van der Waals surface area (Å²) in [5.41, 5.74) is 1.37. The van der Waals surface area contributed by atoms with E-state index in [4.69, 9.17) is 0 Å². The highest BCUT2D eigenvalue weighted by molar-refractivity contribution is 5.89. The first-order chi connectivity index (χ1) is 7.13. The highest BCUT2D eigenvalue weighted by Gasteiger charge is 2.02. The van der Waals surface area contributed by atoms with Crippen molar-refractivity contribution in [3.8, 4) is 0 Å². The average molecular weight is 207 g/mol. The lowest BCUT2D eigenvalue weighted by molar-refractivity contribution is -0.105. The lowest BCUT2D eigenvalue weighted by Gasteiger charge is -2.11. The van der Waals surface area contributed by atoms with E-state index in [-0.39, 0.29) is 6.03 Å². The normalized spacial score (nSPS) is 9.20. The average Bonchev–Trinajstić information content (AvgIpc) is 2.21. The molecule has 0 radical (unpaired) electrons. The van der Waals surface area contributed by atoms with E-state index >= 15 is 0 Å². The van der Waals surface area contributed by atoms with E-state index in [0.29, 0.717) is 17.8 Å². The Morgan fingerprint density at radius 2 is 1.73 bits per heavy atom. The van der Waals surface area contributed by atoms with E-state index < -0.39 is 0 Å². The molecule has 0 aromatic heterocycles. The number of carbonyl (C=O) groups is 2. The van der Waals surface area contributed by atoms with Crippen molar-refractivity contribution in [3.63, 3.8) is 0 Å². The third-order valence-electron chi connectivity index (χ3n) is 1.77. The summed E-state index contributed by atoms with van der Waals surface area (Å²) in [6, 6.07) is 6.66. The van der Waals surface area contributed by atoms with Gasteiger partial charge in [0.2, 0.25) is 6.41 Å². The number of amides is 3. The summed E-state index contributed by atoms with van der Waals surface area (Å²) in [5.74, 6) is 0. The van der Waals surface area contributed by atoms with Crippen LogP contribution in [0.4, 0.5) is 16.2 Å². The molecule has 0 aliphatic rings. The molecule has 15 heavy (non-hydrogen) atoms. The van der Waals surface area contributed by atoms with Gasteiger partial charge in [0.1, 0.15) is 0 Å². The molecular weight excluding hydrogens is 194 g/mol. The highest BCUT2D eigenvalue weighted by Crippen LogP contribution is 2.12. The van der Waals surface area contributed by atoms with Gasteiger partial charge in [-0.25, -0.2) is 4.79 Å². The van der Waals surface area contributed by atoms with Crippen LogP contribution in [0, 0.1) is 0 Å². The Balaban J connectivity index is 2.64. The number of hydrogen-bond donors (Lipinski definition) is 2. The number of hydrogen-bond acceptors (Lipinski definition) is 2. The molecule has 1 rings (SSSR count). The topological polar surface area (TPSA) is 61.4 Å². The van der Waals surface area contributed by atoms with Crippen molar-refractivity contribution >= 4 is 23.8 Å². The monoisotopic (exact) mass is 207 g/mol. The maximum Gasteiger partial charge on any atom is 0.321 e. The van der Waals surface area contributed by atoms with Gasteiger partial charge < -0.3 is 15.5 Å². The van der Waals surface area contributed by atoms with Crippen LogP contribution < -0.4 is 10.6 Å². The van der Waals surface area contributed by atoms with Gasteiger partial charge in [0.05, 0.1) is 0 Å². The van der Waals surface area contributed by atoms with Gasteiger partial charge >= 0.3 is 6.03 Å². The van der Waals surface area contributed by atoms with E-state index in [1.54, 1.807) is 38.4 Å². The van der Waals surface area contributed by atoms with Crippen molar-refractivity contribution in [2.24, 2.45) is 0 Å². The standard InChI is InChI=1S/C10H13N3O2/c1-13(2)10(15)12-9-5-3-8(4-6-9)11-7-14/h3-7H,1-2H3,(H,11,14)(H,12,15). The predicted molar refractivity (Wildman–Crippen MR) is 58.8 cm³/mol. The summed E-state index contributed by atoms with van der Waals surface area (Å²) in [7, 11) is 3.33. The lowest BCUT2D eigenvalue weighted by Crippen LogP contribution is -2.27. The Morgan fingerprint density at radius 3 is 2.20 bits per heavy atom. The van der Waals surface area contributed by atoms with Crippen LogP contribution in [0.2, 0.25) is 0 Å². The van der Waals surface area contributed by atoms with Crippen molar-refractivity contribution < 1.29 is 9.59 Å². The van der Waals surface area contributed by atoms with Gasteiger partial charge in [-0.15, -0.1) is 0 Å². The summed E-state index contributed by atoms with van der Waals surface area (Å²) in [6.45, 7) is 0. The number of rotatable bonds is 3. The fraction of sp³-hybridized carbons (Fsp3) is 0.200. The van der Waals surface area contributed by atoms with Gasteiger partial charge in [-0.1, -0.05) is 0 Å². The lowest BCUT2D eigenvalue weighted by atomic mass is 10.3. The first-order valence-corrected chi connectivity index (χ1v) is 4.42. The van der Waals surface area contributed by atoms with Crippen LogP contribution in [0.15, 0.2) is 24.3 Å². The smallest absolute Gasteiger partial charge is 0.321 e. The minimum atomic E-state index is -0.189. The summed E-state index contributed by atoms with van der Waals surface area (Å²) < 4.78 is 0. The summed E-state index contributed by atoms with van der Waals surface area (Å²) >= 11 is 0. The summed E-state index contributed by atoms with van der Waals surface area (Å²) in [6.07, 6.45) is 0.605. The Bertz CT molecular complexity index is 346. The minimum absolute atomic E-state index is 0.189. The molecular formula is C10H13N3O2. The number of urea groups is 1. The molecule has 0 unspecified atom stereocenters. The van der Waals surface area contributed by atoms with Crippen molar-refractivity contribution in [2.75, 3.05) is 24.7 Å². The van der Waals surface area contributed by atoms with Crippen LogP contribution in [0.1, 0.15) is 0 Å². The number of benzene rings is 1. The second-order valence-electron chi connectivity index (χ2n) is 3.16. The molecule has 0 spiro atoms. The Morgan fingerprint density at radius 1 is 1.20 bits per heavy atom. The maximum absolute atomic E-state index is 11.3. The molecule has 0 aliphatic heterocycles. The Hall–Kier alpha value is -2.04. The zero-order chi connectivity index (χ0) is 11.3. The third-order valence-corrected chi connectivity index (χ3v) is 1.77. The highest BCUT2D eigenvalue weighted by atomic mass is 16.2. The van der Waals surface area contributed by atoms with Crippen LogP contribution in [-0.4, -0.2) is 31.4 Å². The summed E-state index contributed by atoms with van der Waals surface area (Å²) in [4.78, 5) is 22.8. The number of nitrogens with zero attached hydrogens (tertiary/aromatic N) is 1. The molecule has 5 nitrogen and oxygen atoms in total. The first-order valence-electron chi connectivity index (χ1n) is 4.42. The minimum Gasteiger partial charge on any atom is -0.331 e. The molecule has 0 bridgehead atoms. The molecule has 0 saturated carbocycles. The molecule has 0 aliphatic carbocycles. The zero-order valence-corrected chi connectivity index (χ0v) is 8.65.